The maximum absolute atomic E-state index is 12.6. The van der Waals surface area contributed by atoms with Gasteiger partial charge >= 0.3 is 5.97 Å². The van der Waals surface area contributed by atoms with E-state index in [1.54, 1.807) is 30.3 Å². The van der Waals surface area contributed by atoms with Gasteiger partial charge in [-0.25, -0.2) is 0 Å². The Bertz CT molecular complexity index is 882. The third-order valence-electron chi connectivity index (χ3n) is 3.68. The number of hydrogen-bond donors (Lipinski definition) is 0. The molecule has 140 valence electrons. The smallest absolute Gasteiger partial charge is 0.325 e. The third-order valence-corrected chi connectivity index (χ3v) is 4.05. The minimum absolute atomic E-state index is 0.0768. The second-order valence-corrected chi connectivity index (χ2v) is 5.95. The first-order valence-corrected chi connectivity index (χ1v) is 8.30. The van der Waals surface area contributed by atoms with Crippen molar-refractivity contribution in [3.63, 3.8) is 0 Å². The molecule has 7 nitrogen and oxygen atoms in total. The Balaban J connectivity index is 2.20. The largest absolute Gasteiger partial charge is 0.468 e. The summed E-state index contributed by atoms with van der Waals surface area (Å²) in [5.74, 6) is -1.02. The Morgan fingerprint density at radius 3 is 2.63 bits per heavy atom. The highest BCUT2D eigenvalue weighted by molar-refractivity contribution is 6.31. The molecule has 0 N–H and O–H groups in total. The number of nitrogens with zero attached hydrogens (tertiary/aromatic N) is 2. The second kappa shape index (κ2) is 9.49. The monoisotopic (exact) mass is 388 g/mol. The third kappa shape index (κ3) is 5.93. The van der Waals surface area contributed by atoms with Gasteiger partial charge in [-0.15, -0.1) is 0 Å². The fourth-order valence-corrected chi connectivity index (χ4v) is 2.47. The standard InChI is InChI=1S/C19H17ClN2O5/c1-27-19(24)13-21(12-15-6-2-3-8-17(15)20)18(23)10-9-14-5-4-7-16(11-14)22(25)26/h2-11H,12-13H2,1H3/b10-9-. The number of rotatable bonds is 7. The van der Waals surface area contributed by atoms with Crippen LogP contribution in [0.2, 0.25) is 5.02 Å². The lowest BCUT2D eigenvalue weighted by atomic mass is 10.1. The zero-order chi connectivity index (χ0) is 19.8. The van der Waals surface area contributed by atoms with Gasteiger partial charge in [0.1, 0.15) is 6.54 Å². The molecule has 0 saturated carbocycles. The number of hydrogen-bond acceptors (Lipinski definition) is 5. The van der Waals surface area contributed by atoms with E-state index < -0.39 is 16.8 Å². The molecule has 8 heteroatoms. The van der Waals surface area contributed by atoms with E-state index >= 15 is 0 Å². The molecule has 2 rings (SSSR count). The van der Waals surface area contributed by atoms with Crippen LogP contribution in [-0.2, 0) is 20.9 Å². The summed E-state index contributed by atoms with van der Waals surface area (Å²) < 4.78 is 4.64. The van der Waals surface area contributed by atoms with Crippen LogP contribution in [0.5, 0.6) is 0 Å². The summed E-state index contributed by atoms with van der Waals surface area (Å²) in [6.07, 6.45) is 2.70. The van der Waals surface area contributed by atoms with Gasteiger partial charge in [-0.3, -0.25) is 19.7 Å². The van der Waals surface area contributed by atoms with Gasteiger partial charge in [0.25, 0.3) is 5.69 Å². The first-order valence-electron chi connectivity index (χ1n) is 7.92. The lowest BCUT2D eigenvalue weighted by Crippen LogP contribution is -2.34. The van der Waals surface area contributed by atoms with Crippen molar-refractivity contribution in [1.29, 1.82) is 0 Å². The van der Waals surface area contributed by atoms with Crippen molar-refractivity contribution in [2.45, 2.75) is 6.54 Å². The molecule has 0 heterocycles. The van der Waals surface area contributed by atoms with Gasteiger partial charge in [0, 0.05) is 29.8 Å². The molecule has 0 aliphatic carbocycles. The van der Waals surface area contributed by atoms with Crippen LogP contribution in [0, 0.1) is 10.1 Å². The molecule has 0 atom stereocenters. The predicted octanol–water partition coefficient (Wildman–Crippen LogP) is 3.46. The average molecular weight is 389 g/mol. The lowest BCUT2D eigenvalue weighted by Gasteiger charge is -2.20. The zero-order valence-corrected chi connectivity index (χ0v) is 15.3. The fourth-order valence-electron chi connectivity index (χ4n) is 2.28. The van der Waals surface area contributed by atoms with Gasteiger partial charge in [0.15, 0.2) is 0 Å². The van der Waals surface area contributed by atoms with E-state index in [0.29, 0.717) is 16.1 Å². The van der Waals surface area contributed by atoms with E-state index in [1.165, 1.54) is 42.4 Å². The van der Waals surface area contributed by atoms with Crippen LogP contribution in [0.4, 0.5) is 5.69 Å². The Labute approximate surface area is 161 Å². The Hall–Kier alpha value is -3.19. The first kappa shape index (κ1) is 20.1. The van der Waals surface area contributed by atoms with Gasteiger partial charge < -0.3 is 9.64 Å². The molecule has 0 saturated heterocycles. The quantitative estimate of drug-likeness (QED) is 0.313. The van der Waals surface area contributed by atoms with Crippen LogP contribution in [0.25, 0.3) is 6.08 Å². The van der Waals surface area contributed by atoms with Crippen LogP contribution in [0.15, 0.2) is 54.6 Å². The second-order valence-electron chi connectivity index (χ2n) is 5.55. The van der Waals surface area contributed by atoms with Crippen LogP contribution < -0.4 is 0 Å². The summed E-state index contributed by atoms with van der Waals surface area (Å²) >= 11 is 6.13. The van der Waals surface area contributed by atoms with Crippen LogP contribution in [0.1, 0.15) is 11.1 Å². The molecule has 0 fully saturated rings. The topological polar surface area (TPSA) is 89.8 Å². The molecule has 0 unspecified atom stereocenters. The molecule has 0 spiro atoms. The number of esters is 1. The molecular weight excluding hydrogens is 372 g/mol. The minimum Gasteiger partial charge on any atom is -0.468 e. The maximum Gasteiger partial charge on any atom is 0.325 e. The van der Waals surface area contributed by atoms with E-state index in [4.69, 9.17) is 11.6 Å². The highest BCUT2D eigenvalue weighted by atomic mass is 35.5. The van der Waals surface area contributed by atoms with Gasteiger partial charge in [-0.05, 0) is 23.3 Å². The molecule has 0 aliphatic rings. The zero-order valence-electron chi connectivity index (χ0n) is 14.5. The number of benzene rings is 2. The van der Waals surface area contributed by atoms with Crippen molar-refractivity contribution in [2.75, 3.05) is 13.7 Å². The van der Waals surface area contributed by atoms with E-state index in [2.05, 4.69) is 4.74 Å². The van der Waals surface area contributed by atoms with Gasteiger partial charge in [0.2, 0.25) is 5.91 Å². The average Bonchev–Trinajstić information content (AvgIpc) is 2.67. The molecule has 0 aliphatic heterocycles. The van der Waals surface area contributed by atoms with Crippen molar-refractivity contribution >= 4 is 35.2 Å². The van der Waals surface area contributed by atoms with Gasteiger partial charge in [-0.2, -0.15) is 0 Å². The Morgan fingerprint density at radius 2 is 1.96 bits per heavy atom. The predicted molar refractivity (Wildman–Crippen MR) is 101 cm³/mol. The molecule has 0 aromatic heterocycles. The lowest BCUT2D eigenvalue weighted by molar-refractivity contribution is -0.384. The summed E-state index contributed by atoms with van der Waals surface area (Å²) in [5, 5.41) is 11.3. The molecule has 2 aromatic rings. The number of non-ortho nitro benzene ring substituents is 1. The first-order chi connectivity index (χ1) is 12.9. The highest BCUT2D eigenvalue weighted by Gasteiger charge is 2.17. The Kier molecular flexibility index (Phi) is 7.08. The van der Waals surface area contributed by atoms with Crippen LogP contribution >= 0.6 is 11.6 Å². The van der Waals surface area contributed by atoms with Crippen molar-refractivity contribution in [2.24, 2.45) is 0 Å². The summed E-state index contributed by atoms with van der Waals surface area (Å²) in [4.78, 5) is 35.8. The van der Waals surface area contributed by atoms with Crippen molar-refractivity contribution in [3.05, 3.63) is 80.9 Å². The van der Waals surface area contributed by atoms with Gasteiger partial charge in [-0.1, -0.05) is 41.9 Å². The number of nitro groups is 1. The molecule has 2 aromatic carbocycles. The molecule has 27 heavy (non-hydrogen) atoms. The molecular formula is C19H17ClN2O5. The summed E-state index contributed by atoms with van der Waals surface area (Å²) in [6, 6.07) is 12.9. The minimum atomic E-state index is -0.570. The SMILES string of the molecule is COC(=O)CN(Cc1ccccc1Cl)C(=O)/C=C\c1cccc([N+](=O)[O-])c1. The van der Waals surface area contributed by atoms with E-state index in [1.807, 2.05) is 0 Å². The summed E-state index contributed by atoms with van der Waals surface area (Å²) in [6.45, 7) is -0.132. The molecule has 0 bridgehead atoms. The normalized spacial score (nSPS) is 10.6. The van der Waals surface area contributed by atoms with Gasteiger partial charge in [0.05, 0.1) is 12.0 Å². The number of nitro benzene ring substituents is 1. The maximum atomic E-state index is 12.6. The van der Waals surface area contributed by atoms with E-state index in [-0.39, 0.29) is 18.8 Å². The van der Waals surface area contributed by atoms with Crippen molar-refractivity contribution in [3.8, 4) is 0 Å². The Morgan fingerprint density at radius 1 is 1.22 bits per heavy atom. The number of ether oxygens (including phenoxy) is 1. The fraction of sp³-hybridized carbons (Fsp3) is 0.158. The summed E-state index contributed by atoms with van der Waals surface area (Å²) in [5.41, 5.74) is 1.10. The number of methoxy groups -OCH3 is 1. The van der Waals surface area contributed by atoms with Crippen molar-refractivity contribution < 1.29 is 19.2 Å². The molecule has 1 amide bonds. The van der Waals surface area contributed by atoms with Crippen LogP contribution in [-0.4, -0.2) is 35.4 Å². The number of amides is 1. The highest BCUT2D eigenvalue weighted by Crippen LogP contribution is 2.18. The summed E-state index contributed by atoms with van der Waals surface area (Å²) in [7, 11) is 1.24. The molecule has 0 radical (unpaired) electrons. The number of halogens is 1. The van der Waals surface area contributed by atoms with Crippen LogP contribution in [0.3, 0.4) is 0 Å². The number of carbonyl (C=O) groups excluding carboxylic acids is 2. The van der Waals surface area contributed by atoms with E-state index in [0.717, 1.165) is 0 Å². The van der Waals surface area contributed by atoms with Crippen molar-refractivity contribution in [1.82, 2.24) is 4.90 Å². The number of carbonyl (C=O) groups is 2. The van der Waals surface area contributed by atoms with E-state index in [9.17, 15) is 19.7 Å².